The zero-order valence-electron chi connectivity index (χ0n) is 11.4. The van der Waals surface area contributed by atoms with Gasteiger partial charge in [-0.2, -0.15) is 0 Å². The van der Waals surface area contributed by atoms with Crippen molar-refractivity contribution >= 4 is 0 Å². The second kappa shape index (κ2) is 6.39. The minimum Gasteiger partial charge on any atom is -0.395 e. The van der Waals surface area contributed by atoms with E-state index in [1.54, 1.807) is 0 Å². The number of aliphatic hydroxyl groups is 1. The minimum atomic E-state index is -1.46. The summed E-state index contributed by atoms with van der Waals surface area (Å²) in [6.45, 7) is 6.22. The average molecular weight is 275 g/mol. The molecular formula is C14H20F3NO. The number of rotatable bonds is 5. The summed E-state index contributed by atoms with van der Waals surface area (Å²) in [7, 11) is 0. The monoisotopic (exact) mass is 275 g/mol. The Kier molecular flexibility index (Phi) is 5.38. The fourth-order valence-electron chi connectivity index (χ4n) is 1.91. The Morgan fingerprint density at radius 3 is 2.11 bits per heavy atom. The van der Waals surface area contributed by atoms with E-state index in [9.17, 15) is 18.3 Å². The van der Waals surface area contributed by atoms with E-state index < -0.39 is 17.5 Å². The van der Waals surface area contributed by atoms with Crippen LogP contribution in [0.1, 0.15) is 32.8 Å². The van der Waals surface area contributed by atoms with Crippen molar-refractivity contribution in [3.05, 3.63) is 35.1 Å². The molecule has 19 heavy (non-hydrogen) atoms. The molecule has 108 valence electrons. The summed E-state index contributed by atoms with van der Waals surface area (Å²) >= 11 is 0. The van der Waals surface area contributed by atoms with Gasteiger partial charge in [-0.05, 0) is 29.5 Å². The zero-order chi connectivity index (χ0) is 14.6. The van der Waals surface area contributed by atoms with Crippen molar-refractivity contribution in [2.75, 3.05) is 6.61 Å². The van der Waals surface area contributed by atoms with Gasteiger partial charge in [-0.25, -0.2) is 13.2 Å². The lowest BCUT2D eigenvalue weighted by Gasteiger charge is -2.25. The first-order chi connectivity index (χ1) is 8.73. The fraction of sp³-hybridized carbons (Fsp3) is 0.571. The van der Waals surface area contributed by atoms with E-state index in [2.05, 4.69) is 5.32 Å². The number of halogens is 3. The maximum Gasteiger partial charge on any atom is 0.194 e. The number of benzene rings is 1. The largest absolute Gasteiger partial charge is 0.395 e. The van der Waals surface area contributed by atoms with E-state index in [0.29, 0.717) is 5.56 Å². The molecule has 0 amide bonds. The van der Waals surface area contributed by atoms with Gasteiger partial charge in [0, 0.05) is 12.6 Å². The number of aliphatic hydroxyl groups excluding tert-OH is 1. The smallest absolute Gasteiger partial charge is 0.194 e. The van der Waals surface area contributed by atoms with Crippen LogP contribution >= 0.6 is 0 Å². The summed E-state index contributed by atoms with van der Waals surface area (Å²) in [4.78, 5) is 0. The average Bonchev–Trinajstić information content (AvgIpc) is 2.29. The van der Waals surface area contributed by atoms with Crippen LogP contribution in [0.3, 0.4) is 0 Å². The molecule has 1 unspecified atom stereocenters. The van der Waals surface area contributed by atoms with Crippen molar-refractivity contribution < 1.29 is 18.3 Å². The Balaban J connectivity index is 2.65. The van der Waals surface area contributed by atoms with Gasteiger partial charge in [0.05, 0.1) is 6.61 Å². The van der Waals surface area contributed by atoms with Crippen LogP contribution in [0.2, 0.25) is 0 Å². The summed E-state index contributed by atoms with van der Waals surface area (Å²) in [5.41, 5.74) is 0.337. The maximum atomic E-state index is 13.0. The van der Waals surface area contributed by atoms with Crippen LogP contribution in [0.4, 0.5) is 13.2 Å². The third-order valence-corrected chi connectivity index (χ3v) is 2.72. The minimum absolute atomic E-state index is 0.0275. The lowest BCUT2D eigenvalue weighted by molar-refractivity contribution is 0.198. The van der Waals surface area contributed by atoms with Crippen molar-refractivity contribution in [2.24, 2.45) is 5.41 Å². The second-order valence-corrected chi connectivity index (χ2v) is 5.90. The molecule has 1 atom stereocenters. The summed E-state index contributed by atoms with van der Waals surface area (Å²) in [6.07, 6.45) is 0.718. The van der Waals surface area contributed by atoms with E-state index in [-0.39, 0.29) is 24.6 Å². The molecule has 0 aliphatic carbocycles. The Labute approximate surface area is 111 Å². The molecule has 0 spiro atoms. The van der Waals surface area contributed by atoms with Gasteiger partial charge in [0.15, 0.2) is 17.5 Å². The third-order valence-electron chi connectivity index (χ3n) is 2.72. The van der Waals surface area contributed by atoms with E-state index in [4.69, 9.17) is 0 Å². The van der Waals surface area contributed by atoms with Gasteiger partial charge in [-0.3, -0.25) is 0 Å². The van der Waals surface area contributed by atoms with Gasteiger partial charge in [0.25, 0.3) is 0 Å². The number of hydrogen-bond acceptors (Lipinski definition) is 2. The summed E-state index contributed by atoms with van der Waals surface area (Å²) in [5, 5.41) is 12.3. The SMILES string of the molecule is CC(C)(C)CC(CO)NCc1cc(F)c(F)c(F)c1. The van der Waals surface area contributed by atoms with Gasteiger partial charge < -0.3 is 10.4 Å². The first-order valence-corrected chi connectivity index (χ1v) is 6.20. The van der Waals surface area contributed by atoms with E-state index >= 15 is 0 Å². The molecule has 5 heteroatoms. The highest BCUT2D eigenvalue weighted by molar-refractivity contribution is 5.19. The fourth-order valence-corrected chi connectivity index (χ4v) is 1.91. The predicted molar refractivity (Wildman–Crippen MR) is 68.1 cm³/mol. The van der Waals surface area contributed by atoms with Gasteiger partial charge in [0.1, 0.15) is 0 Å². The Hall–Kier alpha value is -1.07. The molecular weight excluding hydrogens is 255 g/mol. The van der Waals surface area contributed by atoms with Crippen molar-refractivity contribution in [2.45, 2.75) is 39.8 Å². The standard InChI is InChI=1S/C14H20F3NO/c1-14(2,3)6-10(8-19)18-7-9-4-11(15)13(17)12(16)5-9/h4-5,10,18-19H,6-8H2,1-3H3. The third kappa shape index (κ3) is 5.20. The topological polar surface area (TPSA) is 32.3 Å². The summed E-state index contributed by atoms with van der Waals surface area (Å²) < 4.78 is 38.8. The Morgan fingerprint density at radius 1 is 1.16 bits per heavy atom. The molecule has 1 aromatic rings. The molecule has 1 rings (SSSR count). The molecule has 0 radical (unpaired) electrons. The predicted octanol–water partition coefficient (Wildman–Crippen LogP) is 2.99. The summed E-state index contributed by atoms with van der Waals surface area (Å²) in [5.74, 6) is -3.86. The highest BCUT2D eigenvalue weighted by Gasteiger charge is 2.18. The zero-order valence-corrected chi connectivity index (χ0v) is 11.4. The van der Waals surface area contributed by atoms with Gasteiger partial charge in [-0.15, -0.1) is 0 Å². The highest BCUT2D eigenvalue weighted by Crippen LogP contribution is 2.21. The quantitative estimate of drug-likeness (QED) is 0.810. The van der Waals surface area contributed by atoms with Crippen LogP contribution in [0.5, 0.6) is 0 Å². The number of hydrogen-bond donors (Lipinski definition) is 2. The van der Waals surface area contributed by atoms with E-state index in [1.807, 2.05) is 20.8 Å². The maximum absolute atomic E-state index is 13.0. The highest BCUT2D eigenvalue weighted by atomic mass is 19.2. The molecule has 0 aromatic heterocycles. The molecule has 0 saturated heterocycles. The first kappa shape index (κ1) is 16.0. The van der Waals surface area contributed by atoms with Crippen molar-refractivity contribution in [3.63, 3.8) is 0 Å². The Bertz CT molecular complexity index is 406. The molecule has 1 aromatic carbocycles. The van der Waals surface area contributed by atoms with E-state index in [1.165, 1.54) is 0 Å². The van der Waals surface area contributed by atoms with Crippen LogP contribution in [-0.2, 0) is 6.54 Å². The molecule has 0 bridgehead atoms. The van der Waals surface area contributed by atoms with Crippen LogP contribution in [0.25, 0.3) is 0 Å². The first-order valence-electron chi connectivity index (χ1n) is 6.20. The van der Waals surface area contributed by atoms with Crippen LogP contribution in [0, 0.1) is 22.9 Å². The second-order valence-electron chi connectivity index (χ2n) is 5.90. The molecule has 0 aliphatic rings. The lowest BCUT2D eigenvalue weighted by atomic mass is 9.88. The normalized spacial score (nSPS) is 13.6. The van der Waals surface area contributed by atoms with Gasteiger partial charge >= 0.3 is 0 Å². The lowest BCUT2D eigenvalue weighted by Crippen LogP contribution is -2.35. The molecule has 0 aliphatic heterocycles. The summed E-state index contributed by atoms with van der Waals surface area (Å²) in [6, 6.07) is 1.74. The van der Waals surface area contributed by atoms with Crippen molar-refractivity contribution in [3.8, 4) is 0 Å². The molecule has 2 nitrogen and oxygen atoms in total. The molecule has 0 saturated carbocycles. The van der Waals surface area contributed by atoms with Gasteiger partial charge in [0.2, 0.25) is 0 Å². The van der Waals surface area contributed by atoms with Crippen LogP contribution in [0.15, 0.2) is 12.1 Å². The van der Waals surface area contributed by atoms with E-state index in [0.717, 1.165) is 18.6 Å². The Morgan fingerprint density at radius 2 is 1.68 bits per heavy atom. The van der Waals surface area contributed by atoms with Crippen LogP contribution < -0.4 is 5.32 Å². The van der Waals surface area contributed by atoms with Crippen molar-refractivity contribution in [1.29, 1.82) is 0 Å². The van der Waals surface area contributed by atoms with Gasteiger partial charge in [-0.1, -0.05) is 20.8 Å². The number of nitrogens with one attached hydrogen (secondary N) is 1. The van der Waals surface area contributed by atoms with Crippen LogP contribution in [-0.4, -0.2) is 17.8 Å². The molecule has 0 fully saturated rings. The van der Waals surface area contributed by atoms with Crippen molar-refractivity contribution in [1.82, 2.24) is 5.32 Å². The molecule has 2 N–H and O–H groups in total. The molecule has 0 heterocycles.